The largest absolute Gasteiger partial charge is 0.508 e. The van der Waals surface area contributed by atoms with E-state index in [1.165, 1.54) is 13.1 Å². The molecule has 34 heavy (non-hydrogen) atoms. The Morgan fingerprint density at radius 2 is 1.74 bits per heavy atom. The normalized spacial score (nSPS) is 12.9. The number of likely N-dealkylation sites (N-methyl/N-ethyl adjacent to an activating group) is 1. The number of aryl methyl sites for hydroxylation is 1. The molecule has 0 radical (unpaired) electrons. The molecule has 0 spiro atoms. The Labute approximate surface area is 199 Å². The Morgan fingerprint density at radius 1 is 1.09 bits per heavy atom. The number of phenolic OH excluding ortho intramolecular Hbond substituents is 1. The van der Waals surface area contributed by atoms with E-state index in [2.05, 4.69) is 10.6 Å². The van der Waals surface area contributed by atoms with Crippen LogP contribution in [-0.2, 0) is 20.9 Å². The topological polar surface area (TPSA) is 128 Å². The number of rotatable bonds is 8. The van der Waals surface area contributed by atoms with Gasteiger partial charge in [-0.15, -0.1) is 0 Å². The predicted octanol–water partition coefficient (Wildman–Crippen LogP) is 2.40. The maximum Gasteiger partial charge on any atom is 0.408 e. The van der Waals surface area contributed by atoms with Gasteiger partial charge >= 0.3 is 6.09 Å². The van der Waals surface area contributed by atoms with Gasteiger partial charge < -0.3 is 30.5 Å². The fourth-order valence-corrected chi connectivity index (χ4v) is 3.29. The zero-order chi connectivity index (χ0) is 25.5. The Morgan fingerprint density at radius 3 is 2.29 bits per heavy atom. The van der Waals surface area contributed by atoms with Crippen molar-refractivity contribution < 1.29 is 29.3 Å². The summed E-state index contributed by atoms with van der Waals surface area (Å²) in [6.45, 7) is 6.27. The number of carbonyl (C=O) groups excluding carboxylic acids is 3. The van der Waals surface area contributed by atoms with Crippen LogP contribution in [0.1, 0.15) is 43.5 Å². The Hall–Kier alpha value is -3.59. The van der Waals surface area contributed by atoms with Gasteiger partial charge in [-0.1, -0.05) is 36.4 Å². The third-order valence-electron chi connectivity index (χ3n) is 5.00. The van der Waals surface area contributed by atoms with Crippen LogP contribution < -0.4 is 10.6 Å². The van der Waals surface area contributed by atoms with Crippen LogP contribution in [0.15, 0.2) is 48.5 Å². The Bertz CT molecular complexity index is 1000. The van der Waals surface area contributed by atoms with Gasteiger partial charge in [0.05, 0.1) is 6.61 Å². The monoisotopic (exact) mass is 471 g/mol. The molecule has 2 atom stereocenters. The lowest BCUT2D eigenvalue weighted by Gasteiger charge is -2.31. The molecule has 184 valence electrons. The first kappa shape index (κ1) is 26.7. The molecule has 9 heteroatoms. The van der Waals surface area contributed by atoms with Crippen molar-refractivity contribution in [1.82, 2.24) is 15.5 Å². The van der Waals surface area contributed by atoms with E-state index in [-0.39, 0.29) is 12.3 Å². The predicted molar refractivity (Wildman–Crippen MR) is 127 cm³/mol. The average molecular weight is 472 g/mol. The quantitative estimate of drug-likeness (QED) is 0.468. The number of benzene rings is 2. The van der Waals surface area contributed by atoms with E-state index in [4.69, 9.17) is 4.74 Å². The third kappa shape index (κ3) is 7.48. The standard InChI is InChI=1S/C25H33N3O6/c1-16-13-18(11-12-20(16)30)21(22(31)26-14-17-9-7-6-8-10-17)28(5)23(32)19(15-29)27-24(33)34-25(2,3)4/h6-13,19,21,29-30H,14-15H2,1-5H3,(H,26,31)(H,27,33). The van der Waals surface area contributed by atoms with Crippen molar-refractivity contribution >= 4 is 17.9 Å². The fourth-order valence-electron chi connectivity index (χ4n) is 3.29. The molecule has 4 N–H and O–H groups in total. The SMILES string of the molecule is Cc1cc(C(C(=O)NCc2ccccc2)N(C)C(=O)C(CO)NC(=O)OC(C)(C)C)ccc1O. The van der Waals surface area contributed by atoms with E-state index in [1.54, 1.807) is 39.8 Å². The second-order valence-corrected chi connectivity index (χ2v) is 8.98. The zero-order valence-corrected chi connectivity index (χ0v) is 20.2. The molecule has 0 aliphatic carbocycles. The van der Waals surface area contributed by atoms with Crippen molar-refractivity contribution in [3.63, 3.8) is 0 Å². The number of carbonyl (C=O) groups is 3. The summed E-state index contributed by atoms with van der Waals surface area (Å²) in [5, 5.41) is 24.9. The minimum Gasteiger partial charge on any atom is -0.508 e. The van der Waals surface area contributed by atoms with Crippen LogP contribution >= 0.6 is 0 Å². The first-order valence-electron chi connectivity index (χ1n) is 10.9. The summed E-state index contributed by atoms with van der Waals surface area (Å²) in [6, 6.07) is 11.5. The molecule has 3 amide bonds. The number of amides is 3. The van der Waals surface area contributed by atoms with E-state index in [0.717, 1.165) is 10.5 Å². The van der Waals surface area contributed by atoms with Crippen molar-refractivity contribution in [2.24, 2.45) is 0 Å². The lowest BCUT2D eigenvalue weighted by atomic mass is 10.0. The average Bonchev–Trinajstić information content (AvgIpc) is 2.77. The molecular formula is C25H33N3O6. The molecule has 9 nitrogen and oxygen atoms in total. The van der Waals surface area contributed by atoms with Crippen molar-refractivity contribution in [2.75, 3.05) is 13.7 Å². The summed E-state index contributed by atoms with van der Waals surface area (Å²) in [5.41, 5.74) is 1.09. The summed E-state index contributed by atoms with van der Waals surface area (Å²) in [6.07, 6.45) is -0.862. The summed E-state index contributed by atoms with van der Waals surface area (Å²) >= 11 is 0. The van der Waals surface area contributed by atoms with Gasteiger partial charge in [0.1, 0.15) is 23.4 Å². The Kier molecular flexibility index (Phi) is 9.03. The first-order valence-corrected chi connectivity index (χ1v) is 10.9. The van der Waals surface area contributed by atoms with Crippen LogP contribution in [0.3, 0.4) is 0 Å². The molecule has 0 aliphatic rings. The zero-order valence-electron chi connectivity index (χ0n) is 20.2. The molecule has 0 heterocycles. The number of hydrogen-bond acceptors (Lipinski definition) is 6. The number of aliphatic hydroxyl groups is 1. The van der Waals surface area contributed by atoms with E-state index >= 15 is 0 Å². The molecule has 0 aromatic heterocycles. The van der Waals surface area contributed by atoms with E-state index < -0.39 is 42.2 Å². The number of aromatic hydroxyl groups is 1. The summed E-state index contributed by atoms with van der Waals surface area (Å²) < 4.78 is 5.17. The van der Waals surface area contributed by atoms with Gasteiger partial charge in [0, 0.05) is 13.6 Å². The van der Waals surface area contributed by atoms with Crippen molar-refractivity contribution in [3.8, 4) is 5.75 Å². The lowest BCUT2D eigenvalue weighted by Crippen LogP contribution is -2.53. The lowest BCUT2D eigenvalue weighted by molar-refractivity contribution is -0.141. The third-order valence-corrected chi connectivity index (χ3v) is 5.00. The minimum atomic E-state index is -1.32. The second-order valence-electron chi connectivity index (χ2n) is 8.98. The molecule has 0 aliphatic heterocycles. The van der Waals surface area contributed by atoms with Crippen molar-refractivity contribution in [2.45, 2.75) is 51.9 Å². The highest BCUT2D eigenvalue weighted by atomic mass is 16.6. The van der Waals surface area contributed by atoms with Crippen LogP contribution in [0.25, 0.3) is 0 Å². The number of hydrogen-bond donors (Lipinski definition) is 4. The van der Waals surface area contributed by atoms with Gasteiger partial charge in [0.15, 0.2) is 0 Å². The smallest absolute Gasteiger partial charge is 0.408 e. The molecule has 0 bridgehead atoms. The molecule has 2 aromatic rings. The Balaban J connectivity index is 2.28. The fraction of sp³-hybridized carbons (Fsp3) is 0.400. The minimum absolute atomic E-state index is 0.0565. The highest BCUT2D eigenvalue weighted by molar-refractivity contribution is 5.92. The van der Waals surface area contributed by atoms with Crippen LogP contribution in [0.2, 0.25) is 0 Å². The maximum atomic E-state index is 13.2. The molecule has 0 saturated heterocycles. The summed E-state index contributed by atoms with van der Waals surface area (Å²) in [4.78, 5) is 39.7. The molecule has 0 fully saturated rings. The second kappa shape index (κ2) is 11.5. The van der Waals surface area contributed by atoms with Gasteiger partial charge in [-0.05, 0) is 56.5 Å². The van der Waals surface area contributed by atoms with Crippen LogP contribution in [0.5, 0.6) is 5.75 Å². The van der Waals surface area contributed by atoms with Gasteiger partial charge in [-0.3, -0.25) is 9.59 Å². The molecule has 2 unspecified atom stereocenters. The number of phenols is 1. The molecule has 2 aromatic carbocycles. The van der Waals surface area contributed by atoms with Crippen molar-refractivity contribution in [3.05, 3.63) is 65.2 Å². The number of ether oxygens (including phenoxy) is 1. The molecule has 2 rings (SSSR count). The van der Waals surface area contributed by atoms with Gasteiger partial charge in [0.25, 0.3) is 0 Å². The van der Waals surface area contributed by atoms with Crippen LogP contribution in [0.4, 0.5) is 4.79 Å². The van der Waals surface area contributed by atoms with E-state index in [1.807, 2.05) is 30.3 Å². The number of alkyl carbamates (subject to hydrolysis) is 1. The summed E-state index contributed by atoms with van der Waals surface area (Å²) in [7, 11) is 1.41. The highest BCUT2D eigenvalue weighted by Gasteiger charge is 2.34. The molecule has 0 saturated carbocycles. The first-order chi connectivity index (χ1) is 15.9. The van der Waals surface area contributed by atoms with E-state index in [0.29, 0.717) is 11.1 Å². The molecular weight excluding hydrogens is 438 g/mol. The number of nitrogens with zero attached hydrogens (tertiary/aromatic N) is 1. The van der Waals surface area contributed by atoms with Crippen molar-refractivity contribution in [1.29, 1.82) is 0 Å². The summed E-state index contributed by atoms with van der Waals surface area (Å²) in [5.74, 6) is -1.08. The maximum absolute atomic E-state index is 13.2. The van der Waals surface area contributed by atoms with Crippen LogP contribution in [0, 0.1) is 6.92 Å². The number of aliphatic hydroxyl groups excluding tert-OH is 1. The van der Waals surface area contributed by atoms with Gasteiger partial charge in [-0.2, -0.15) is 0 Å². The number of nitrogens with one attached hydrogen (secondary N) is 2. The van der Waals surface area contributed by atoms with Gasteiger partial charge in [0.2, 0.25) is 11.8 Å². The van der Waals surface area contributed by atoms with Crippen LogP contribution in [-0.4, -0.2) is 58.3 Å². The van der Waals surface area contributed by atoms with Gasteiger partial charge in [-0.25, -0.2) is 4.79 Å². The van der Waals surface area contributed by atoms with E-state index in [9.17, 15) is 24.6 Å². The highest BCUT2D eigenvalue weighted by Crippen LogP contribution is 2.26.